The van der Waals surface area contributed by atoms with Crippen LogP contribution in [-0.4, -0.2) is 60.2 Å². The molecule has 0 saturated carbocycles. The Morgan fingerprint density at radius 3 is 2.58 bits per heavy atom. The first-order valence-electron chi connectivity index (χ1n) is 13.0. The highest BCUT2D eigenvalue weighted by molar-refractivity contribution is 6.06. The van der Waals surface area contributed by atoms with E-state index >= 15 is 0 Å². The molecule has 2 aromatic rings. The fourth-order valence-corrected chi connectivity index (χ4v) is 4.90. The van der Waals surface area contributed by atoms with Crippen LogP contribution in [0.4, 0.5) is 11.4 Å². The van der Waals surface area contributed by atoms with Crippen LogP contribution >= 0.6 is 0 Å². The van der Waals surface area contributed by atoms with Crippen LogP contribution < -0.4 is 11.1 Å². The number of nitrogens with two attached hydrogens (primary N) is 1. The number of amidine groups is 1. The van der Waals surface area contributed by atoms with Crippen molar-refractivity contribution in [3.63, 3.8) is 0 Å². The Balaban J connectivity index is 1.45. The molecular weight excluding hydrogens is 450 g/mol. The van der Waals surface area contributed by atoms with Gasteiger partial charge in [-0.3, -0.25) is 9.59 Å². The van der Waals surface area contributed by atoms with E-state index in [1.807, 2.05) is 46.2 Å². The summed E-state index contributed by atoms with van der Waals surface area (Å²) in [4.78, 5) is 34.8. The van der Waals surface area contributed by atoms with E-state index in [0.29, 0.717) is 35.0 Å². The van der Waals surface area contributed by atoms with Gasteiger partial charge in [0.2, 0.25) is 5.91 Å². The van der Waals surface area contributed by atoms with E-state index in [2.05, 4.69) is 36.3 Å². The molecule has 36 heavy (non-hydrogen) atoms. The first-order chi connectivity index (χ1) is 17.5. The molecule has 2 aliphatic heterocycles. The van der Waals surface area contributed by atoms with E-state index in [1.54, 1.807) is 6.07 Å². The number of benzene rings is 2. The van der Waals surface area contributed by atoms with Crippen LogP contribution in [0, 0.1) is 5.92 Å². The van der Waals surface area contributed by atoms with E-state index in [-0.39, 0.29) is 11.8 Å². The van der Waals surface area contributed by atoms with Crippen LogP contribution in [0.1, 0.15) is 55.5 Å². The van der Waals surface area contributed by atoms with Crippen molar-refractivity contribution >= 4 is 35.1 Å². The van der Waals surface area contributed by atoms with Crippen molar-refractivity contribution in [3.8, 4) is 0 Å². The summed E-state index contributed by atoms with van der Waals surface area (Å²) in [6.45, 7) is 7.90. The Hall–Kier alpha value is -3.61. The minimum Gasteiger partial charge on any atom is -0.387 e. The Morgan fingerprint density at radius 1 is 1.11 bits per heavy atom. The molecule has 7 nitrogen and oxygen atoms in total. The van der Waals surface area contributed by atoms with Gasteiger partial charge in [-0.05, 0) is 55.5 Å². The molecule has 1 atom stereocenters. The fraction of sp³-hybridized carbons (Fsp3) is 0.414. The molecule has 2 heterocycles. The van der Waals surface area contributed by atoms with Crippen molar-refractivity contribution in [2.45, 2.75) is 39.5 Å². The number of amides is 2. The standard InChI is InChI=1S/C29H37N5O2/c1-3-13-33(14-4-2)29(36)24-16-22-10-11-23(17-26(22)32-27(30)18-24)28(35)34-15-12-21(20-34)19-31-25-8-6-5-7-9-25/h5-11,16-17,21,31H,3-4,12-15,18-20H2,1-2H3,(H2,30,32)/t21-/m0/s1. The smallest absolute Gasteiger partial charge is 0.253 e. The van der Waals surface area contributed by atoms with Crippen LogP contribution in [0.3, 0.4) is 0 Å². The first kappa shape index (κ1) is 25.5. The number of fused-ring (bicyclic) bond motifs is 1. The van der Waals surface area contributed by atoms with Gasteiger partial charge in [-0.15, -0.1) is 0 Å². The molecular formula is C29H37N5O2. The number of carbonyl (C=O) groups is 2. The minimum atomic E-state index is 0.00961. The van der Waals surface area contributed by atoms with Gasteiger partial charge in [0.05, 0.1) is 5.69 Å². The zero-order chi connectivity index (χ0) is 25.5. The van der Waals surface area contributed by atoms with Crippen LogP contribution in [-0.2, 0) is 4.79 Å². The van der Waals surface area contributed by atoms with Crippen molar-refractivity contribution < 1.29 is 9.59 Å². The zero-order valence-electron chi connectivity index (χ0n) is 21.4. The number of carbonyl (C=O) groups excluding carboxylic acids is 2. The van der Waals surface area contributed by atoms with Gasteiger partial charge in [0, 0.05) is 61.5 Å². The highest BCUT2D eigenvalue weighted by atomic mass is 16.2. The summed E-state index contributed by atoms with van der Waals surface area (Å²) in [6, 6.07) is 15.7. The number of likely N-dealkylation sites (tertiary alicyclic amines) is 1. The predicted molar refractivity (Wildman–Crippen MR) is 146 cm³/mol. The molecule has 3 N–H and O–H groups in total. The van der Waals surface area contributed by atoms with E-state index in [1.165, 1.54) is 0 Å². The summed E-state index contributed by atoms with van der Waals surface area (Å²) in [7, 11) is 0. The lowest BCUT2D eigenvalue weighted by Gasteiger charge is -2.22. The van der Waals surface area contributed by atoms with Crippen LogP contribution in [0.25, 0.3) is 6.08 Å². The van der Waals surface area contributed by atoms with E-state index in [0.717, 1.165) is 63.2 Å². The van der Waals surface area contributed by atoms with E-state index in [9.17, 15) is 9.59 Å². The molecule has 0 bridgehead atoms. The van der Waals surface area contributed by atoms with Crippen molar-refractivity contribution in [2.24, 2.45) is 16.6 Å². The summed E-state index contributed by atoms with van der Waals surface area (Å²) < 4.78 is 0. The molecule has 4 rings (SSSR count). The Labute approximate surface area is 214 Å². The number of hydrogen-bond donors (Lipinski definition) is 2. The Morgan fingerprint density at radius 2 is 1.86 bits per heavy atom. The molecule has 0 aliphatic carbocycles. The van der Waals surface area contributed by atoms with Crippen molar-refractivity contribution in [3.05, 3.63) is 65.2 Å². The highest BCUT2D eigenvalue weighted by Crippen LogP contribution is 2.30. The van der Waals surface area contributed by atoms with Gasteiger partial charge in [0.15, 0.2) is 0 Å². The van der Waals surface area contributed by atoms with Crippen molar-refractivity contribution in [1.82, 2.24) is 9.80 Å². The van der Waals surface area contributed by atoms with E-state index in [4.69, 9.17) is 5.73 Å². The molecule has 0 aromatic heterocycles. The third-order valence-electron chi connectivity index (χ3n) is 6.73. The number of rotatable bonds is 9. The normalized spacial score (nSPS) is 17.1. The molecule has 2 amide bonds. The summed E-state index contributed by atoms with van der Waals surface area (Å²) in [5, 5.41) is 3.47. The minimum absolute atomic E-state index is 0.00961. The molecule has 0 unspecified atom stereocenters. The van der Waals surface area contributed by atoms with Crippen LogP contribution in [0.5, 0.6) is 0 Å². The summed E-state index contributed by atoms with van der Waals surface area (Å²) >= 11 is 0. The van der Waals surface area contributed by atoms with Crippen LogP contribution in [0.2, 0.25) is 0 Å². The molecule has 2 aliphatic rings. The second kappa shape index (κ2) is 11.9. The molecule has 0 spiro atoms. The number of hydrogen-bond acceptors (Lipinski definition) is 5. The molecule has 2 aromatic carbocycles. The Kier molecular flexibility index (Phi) is 8.41. The molecule has 0 radical (unpaired) electrons. The maximum absolute atomic E-state index is 13.3. The van der Waals surface area contributed by atoms with Gasteiger partial charge in [0.25, 0.3) is 5.91 Å². The van der Waals surface area contributed by atoms with E-state index < -0.39 is 0 Å². The second-order valence-corrected chi connectivity index (χ2v) is 9.67. The quantitative estimate of drug-likeness (QED) is 0.537. The second-order valence-electron chi connectivity index (χ2n) is 9.67. The summed E-state index contributed by atoms with van der Waals surface area (Å²) in [5.74, 6) is 0.820. The Bertz CT molecular complexity index is 1140. The fourth-order valence-electron chi connectivity index (χ4n) is 4.90. The summed E-state index contributed by atoms with van der Waals surface area (Å²) in [6.07, 6.45) is 4.98. The average Bonchev–Trinajstić information content (AvgIpc) is 3.29. The maximum Gasteiger partial charge on any atom is 0.253 e. The van der Waals surface area contributed by atoms with Gasteiger partial charge in [-0.1, -0.05) is 38.1 Å². The monoisotopic (exact) mass is 487 g/mol. The van der Waals surface area contributed by atoms with Gasteiger partial charge < -0.3 is 20.9 Å². The molecule has 7 heteroatoms. The number of nitrogens with zero attached hydrogens (tertiary/aromatic N) is 3. The van der Waals surface area contributed by atoms with Crippen molar-refractivity contribution in [1.29, 1.82) is 0 Å². The lowest BCUT2D eigenvalue weighted by Crippen LogP contribution is -2.34. The molecule has 1 saturated heterocycles. The highest BCUT2D eigenvalue weighted by Gasteiger charge is 2.28. The van der Waals surface area contributed by atoms with Gasteiger partial charge in [-0.2, -0.15) is 0 Å². The third-order valence-corrected chi connectivity index (χ3v) is 6.73. The van der Waals surface area contributed by atoms with Crippen molar-refractivity contribution in [2.75, 3.05) is 38.0 Å². The number of aliphatic imine (C=N–C) groups is 1. The average molecular weight is 488 g/mol. The first-order valence-corrected chi connectivity index (χ1v) is 13.0. The van der Waals surface area contributed by atoms with Gasteiger partial charge in [0.1, 0.15) is 5.84 Å². The molecule has 190 valence electrons. The summed E-state index contributed by atoms with van der Waals surface area (Å²) in [5.41, 5.74) is 10.0. The van der Waals surface area contributed by atoms with Gasteiger partial charge in [-0.25, -0.2) is 4.99 Å². The SMILES string of the molecule is CCCN(CCC)C(=O)C1=Cc2ccc(C(=O)N3CC[C@@H](CNc4ccccc4)C3)cc2N=C(N)C1. The lowest BCUT2D eigenvalue weighted by molar-refractivity contribution is -0.127. The third kappa shape index (κ3) is 6.14. The number of para-hydroxylation sites is 1. The number of anilines is 1. The topological polar surface area (TPSA) is 91.0 Å². The lowest BCUT2D eigenvalue weighted by atomic mass is 10.0. The van der Waals surface area contributed by atoms with Gasteiger partial charge >= 0.3 is 0 Å². The maximum atomic E-state index is 13.3. The predicted octanol–water partition coefficient (Wildman–Crippen LogP) is 4.69. The zero-order valence-corrected chi connectivity index (χ0v) is 21.4. The largest absolute Gasteiger partial charge is 0.387 e. The molecule has 1 fully saturated rings. The number of nitrogens with one attached hydrogen (secondary N) is 1. The van der Waals surface area contributed by atoms with Crippen LogP contribution in [0.15, 0.2) is 59.1 Å².